The van der Waals surface area contributed by atoms with E-state index in [1.807, 2.05) is 0 Å². The van der Waals surface area contributed by atoms with Gasteiger partial charge in [-0.1, -0.05) is 7.43 Å². The number of hydrogen-bond acceptors (Lipinski definition) is 0. The molecule has 0 saturated heterocycles. The normalized spacial score (nSPS) is 5.71. The van der Waals surface area contributed by atoms with Crippen molar-refractivity contribution >= 4 is 0 Å². The first-order chi connectivity index (χ1) is 2.83. The van der Waals surface area contributed by atoms with Crippen molar-refractivity contribution in [2.75, 3.05) is 6.93 Å². The Morgan fingerprint density at radius 3 is 1.14 bits per heavy atom. The third-order valence-corrected chi connectivity index (χ3v) is 0. The van der Waals surface area contributed by atoms with Gasteiger partial charge in [0.05, 0.1) is 0 Å². The summed E-state index contributed by atoms with van der Waals surface area (Å²) in [5.74, 6) is 0. The maximum atomic E-state index is 9.74. The number of halogens is 5. The summed E-state index contributed by atoms with van der Waals surface area (Å²) in [5, 5.41) is 0. The van der Waals surface area contributed by atoms with Crippen molar-refractivity contribution in [3.05, 3.63) is 0 Å². The predicted octanol–water partition coefficient (Wildman–Crippen LogP) is -0.637. The van der Waals surface area contributed by atoms with Gasteiger partial charge in [0.15, 0.2) is 0 Å². The minimum atomic E-state index is -2.41. The van der Waals surface area contributed by atoms with Crippen LogP contribution in [-0.4, -0.2) is 6.93 Å². The van der Waals surface area contributed by atoms with Gasteiger partial charge < -0.3 is 0 Å². The molecule has 7 heavy (non-hydrogen) atoms. The molecule has 0 saturated carbocycles. The van der Waals surface area contributed by atoms with Crippen LogP contribution in [0.15, 0.2) is 0 Å². The van der Waals surface area contributed by atoms with E-state index in [0.717, 1.165) is 0 Å². The summed E-state index contributed by atoms with van der Waals surface area (Å²) < 4.78 is 38.7. The molecular weight excluding hydrogens is 227 g/mol. The van der Waals surface area contributed by atoms with Gasteiger partial charge in [-0.3, -0.25) is 0 Å². The van der Waals surface area contributed by atoms with Crippen molar-refractivity contribution in [2.24, 2.45) is 0 Å². The fourth-order valence-corrected chi connectivity index (χ4v) is 0. The van der Waals surface area contributed by atoms with E-state index in [1.165, 1.54) is 0 Å². The third-order valence-electron chi connectivity index (χ3n) is 0. The fourth-order valence-electron chi connectivity index (χ4n) is 0. The molecule has 0 rings (SSSR count). The molecule has 0 fully saturated rings. The van der Waals surface area contributed by atoms with Crippen LogP contribution < -0.4 is 22.4 Å². The van der Waals surface area contributed by atoms with Crippen LogP contribution in [0.25, 0.3) is 0 Å². The Bertz CT molecular complexity index is 11.7. The summed E-state index contributed by atoms with van der Waals surface area (Å²) >= 11 is -2.41. The van der Waals surface area contributed by atoms with Crippen LogP contribution in [0.5, 0.6) is 0 Å². The van der Waals surface area contributed by atoms with E-state index < -0.39 is 29.3 Å². The molecule has 0 heterocycles. The average molecular weight is 233 g/mol. The van der Waals surface area contributed by atoms with Crippen molar-refractivity contribution in [1.29, 1.82) is 0 Å². The molecular formula is C2H6F4I-. The minimum absolute atomic E-state index is 0. The van der Waals surface area contributed by atoms with E-state index in [4.69, 9.17) is 0 Å². The van der Waals surface area contributed by atoms with Crippen molar-refractivity contribution in [3.63, 3.8) is 0 Å². The Morgan fingerprint density at radius 2 is 1.14 bits per heavy atom. The molecule has 0 aliphatic carbocycles. The Morgan fingerprint density at radius 1 is 1.14 bits per heavy atom. The van der Waals surface area contributed by atoms with Gasteiger partial charge in [0, 0.05) is 0 Å². The molecule has 0 aliphatic heterocycles. The zero-order valence-corrected chi connectivity index (χ0v) is 4.75. The van der Waals surface area contributed by atoms with E-state index in [1.54, 1.807) is 0 Å². The van der Waals surface area contributed by atoms with Crippen LogP contribution in [0, 0.1) is 0 Å². The second-order valence-electron chi connectivity index (χ2n) is 0.155. The molecule has 0 bridgehead atoms. The number of alkyl halides is 2. The molecule has 0 aromatic carbocycles. The first-order valence-electron chi connectivity index (χ1n) is 0.820. The molecule has 0 amide bonds. The molecule has 0 nitrogen and oxygen atoms in total. The van der Waals surface area contributed by atoms with E-state index in [-0.39, 0.29) is 7.43 Å². The average Bonchev–Trinajstić information content (AvgIpc) is 1.39. The van der Waals surface area contributed by atoms with Gasteiger partial charge in [0.2, 0.25) is 6.93 Å². The maximum absolute atomic E-state index is 9.74. The third kappa shape index (κ3) is 631. The quantitative estimate of drug-likeness (QED) is 0.385. The van der Waals surface area contributed by atoms with Gasteiger partial charge in [-0.15, -0.1) is 0 Å². The predicted molar refractivity (Wildman–Crippen MR) is 16.0 cm³/mol. The second kappa shape index (κ2) is 31.9. The SMILES string of the molecule is C.FCF.F[I-]F. The Balaban J connectivity index is -0.0000000400. The topological polar surface area (TPSA) is 0 Å². The van der Waals surface area contributed by atoms with Crippen LogP contribution >= 0.6 is 0 Å². The van der Waals surface area contributed by atoms with Gasteiger partial charge in [0.25, 0.3) is 0 Å². The van der Waals surface area contributed by atoms with Crippen LogP contribution in [0.2, 0.25) is 0 Å². The van der Waals surface area contributed by atoms with Gasteiger partial charge in [0.1, 0.15) is 0 Å². The molecule has 0 unspecified atom stereocenters. The van der Waals surface area contributed by atoms with Crippen molar-refractivity contribution in [1.82, 2.24) is 0 Å². The van der Waals surface area contributed by atoms with Gasteiger partial charge in [-0.25, -0.2) is 8.78 Å². The summed E-state index contributed by atoms with van der Waals surface area (Å²) in [6.07, 6.45) is 0. The van der Waals surface area contributed by atoms with Crippen LogP contribution in [0.4, 0.5) is 14.5 Å². The molecule has 0 aliphatic rings. The standard InChI is InChI=1S/CH2F2.CH4.F2I/c2-1-3;;1-3-2/h1H2;1H4;/q;;-1. The monoisotopic (exact) mass is 233 g/mol. The van der Waals surface area contributed by atoms with Crippen LogP contribution in [0.1, 0.15) is 7.43 Å². The second-order valence-corrected chi connectivity index (χ2v) is 0.463. The van der Waals surface area contributed by atoms with Crippen molar-refractivity contribution < 1.29 is 36.9 Å². The van der Waals surface area contributed by atoms with Gasteiger partial charge >= 0.3 is 28.1 Å². The van der Waals surface area contributed by atoms with Crippen molar-refractivity contribution in [3.8, 4) is 0 Å². The number of rotatable bonds is 0. The summed E-state index contributed by atoms with van der Waals surface area (Å²) in [4.78, 5) is 0. The summed E-state index contributed by atoms with van der Waals surface area (Å²) in [7, 11) is 0. The Labute approximate surface area is 51.7 Å². The molecule has 0 N–H and O–H groups in total. The van der Waals surface area contributed by atoms with E-state index >= 15 is 0 Å². The molecule has 0 spiro atoms. The Kier molecular flexibility index (Phi) is 71.4. The zero-order chi connectivity index (χ0) is 5.41. The number of hydrogen-bond donors (Lipinski definition) is 0. The van der Waals surface area contributed by atoms with Gasteiger partial charge in [-0.05, 0) is 0 Å². The first-order valence-corrected chi connectivity index (χ1v) is 2.45. The van der Waals surface area contributed by atoms with E-state index in [2.05, 4.69) is 0 Å². The molecule has 5 heteroatoms. The molecule has 0 radical (unpaired) electrons. The Hall–Kier alpha value is 0.450. The molecule has 0 atom stereocenters. The fraction of sp³-hybridized carbons (Fsp3) is 1.00. The summed E-state index contributed by atoms with van der Waals surface area (Å²) in [5.41, 5.74) is 0. The molecule has 50 valence electrons. The zero-order valence-electron chi connectivity index (χ0n) is 2.60. The van der Waals surface area contributed by atoms with Crippen molar-refractivity contribution in [2.45, 2.75) is 7.43 Å². The van der Waals surface area contributed by atoms with E-state index in [0.29, 0.717) is 0 Å². The van der Waals surface area contributed by atoms with Crippen LogP contribution in [-0.2, 0) is 0 Å². The first kappa shape index (κ1) is 15.7. The van der Waals surface area contributed by atoms with Crippen LogP contribution in [0.3, 0.4) is 0 Å². The summed E-state index contributed by atoms with van der Waals surface area (Å²) in [6, 6.07) is 0. The summed E-state index contributed by atoms with van der Waals surface area (Å²) in [6.45, 7) is -1.75. The van der Waals surface area contributed by atoms with E-state index in [9.17, 15) is 14.5 Å². The molecule has 0 aromatic heterocycles. The molecule has 0 aromatic rings. The van der Waals surface area contributed by atoms with Gasteiger partial charge in [-0.2, -0.15) is 0 Å².